The molecular weight excluding hydrogens is 444 g/mol. The van der Waals surface area contributed by atoms with E-state index in [-0.39, 0.29) is 23.3 Å². The molecular formula is C24H31BrN2O3. The number of carbonyl (C=O) groups excluding carboxylic acids is 1. The van der Waals surface area contributed by atoms with E-state index in [2.05, 4.69) is 73.2 Å². The summed E-state index contributed by atoms with van der Waals surface area (Å²) in [5.74, 6) is 1.07. The lowest BCUT2D eigenvalue weighted by Gasteiger charge is -2.33. The van der Waals surface area contributed by atoms with Gasteiger partial charge in [-0.15, -0.1) is 0 Å². The fourth-order valence-corrected chi connectivity index (χ4v) is 4.11. The Balaban J connectivity index is 1.85. The Labute approximate surface area is 188 Å². The van der Waals surface area contributed by atoms with Crippen LogP contribution in [0.3, 0.4) is 0 Å². The minimum absolute atomic E-state index is 0.0688. The molecule has 0 unspecified atom stereocenters. The summed E-state index contributed by atoms with van der Waals surface area (Å²) in [5.41, 5.74) is 4.87. The van der Waals surface area contributed by atoms with Crippen molar-refractivity contribution in [1.82, 2.24) is 5.43 Å². The Morgan fingerprint density at radius 3 is 2.33 bits per heavy atom. The van der Waals surface area contributed by atoms with Crippen LogP contribution in [0.4, 0.5) is 0 Å². The molecule has 0 fully saturated rings. The van der Waals surface area contributed by atoms with Gasteiger partial charge in [-0.3, -0.25) is 4.79 Å². The van der Waals surface area contributed by atoms with E-state index >= 15 is 0 Å². The van der Waals surface area contributed by atoms with Gasteiger partial charge in [0.2, 0.25) is 0 Å². The Bertz CT molecular complexity index is 884. The predicted octanol–water partition coefficient (Wildman–Crippen LogP) is 5.70. The maximum absolute atomic E-state index is 12.0. The zero-order valence-corrected chi connectivity index (χ0v) is 20.2. The van der Waals surface area contributed by atoms with Crippen LogP contribution in [0.2, 0.25) is 0 Å². The van der Waals surface area contributed by atoms with E-state index in [1.165, 1.54) is 5.56 Å². The fraction of sp³-hybridized carbons (Fsp3) is 0.417. The lowest BCUT2D eigenvalue weighted by molar-refractivity contribution is -0.123. The van der Waals surface area contributed by atoms with Crippen molar-refractivity contribution in [3.8, 4) is 11.5 Å². The van der Waals surface area contributed by atoms with Crippen LogP contribution in [0.15, 0.2) is 52.0 Å². The summed E-state index contributed by atoms with van der Waals surface area (Å²) >= 11 is 3.42. The van der Waals surface area contributed by atoms with Crippen molar-refractivity contribution in [2.45, 2.75) is 46.5 Å². The first kappa shape index (κ1) is 23.9. The van der Waals surface area contributed by atoms with Gasteiger partial charge in [0.05, 0.1) is 17.8 Å². The molecule has 2 aromatic carbocycles. The smallest absolute Gasteiger partial charge is 0.277 e. The highest BCUT2D eigenvalue weighted by atomic mass is 79.9. The molecule has 0 aliphatic rings. The third kappa shape index (κ3) is 7.48. The topological polar surface area (TPSA) is 59.9 Å². The van der Waals surface area contributed by atoms with Gasteiger partial charge >= 0.3 is 0 Å². The Hall–Kier alpha value is -2.34. The second kappa shape index (κ2) is 10.1. The van der Waals surface area contributed by atoms with E-state index in [0.29, 0.717) is 5.75 Å². The van der Waals surface area contributed by atoms with Crippen LogP contribution in [0.25, 0.3) is 0 Å². The summed E-state index contributed by atoms with van der Waals surface area (Å²) in [5, 5.41) is 3.96. The van der Waals surface area contributed by atoms with Gasteiger partial charge in [-0.05, 0) is 74.6 Å². The lowest BCUT2D eigenvalue weighted by atomic mass is 9.72. The number of halogens is 1. The fourth-order valence-electron chi connectivity index (χ4n) is 3.55. The summed E-state index contributed by atoms with van der Waals surface area (Å²) in [4.78, 5) is 12.0. The van der Waals surface area contributed by atoms with Gasteiger partial charge in [-0.25, -0.2) is 5.43 Å². The van der Waals surface area contributed by atoms with Gasteiger partial charge in [-0.1, -0.05) is 46.8 Å². The minimum Gasteiger partial charge on any atom is -0.496 e. The molecule has 5 nitrogen and oxygen atoms in total. The van der Waals surface area contributed by atoms with Crippen LogP contribution in [-0.4, -0.2) is 25.8 Å². The van der Waals surface area contributed by atoms with E-state index in [1.54, 1.807) is 13.3 Å². The number of hydrogen-bond acceptors (Lipinski definition) is 4. The summed E-state index contributed by atoms with van der Waals surface area (Å²) < 4.78 is 11.6. The molecule has 0 atom stereocenters. The van der Waals surface area contributed by atoms with Gasteiger partial charge in [0.15, 0.2) is 6.61 Å². The average molecular weight is 475 g/mol. The van der Waals surface area contributed by atoms with Gasteiger partial charge in [-0.2, -0.15) is 5.10 Å². The van der Waals surface area contributed by atoms with Crippen molar-refractivity contribution in [2.24, 2.45) is 10.5 Å². The molecule has 30 heavy (non-hydrogen) atoms. The molecule has 0 radical (unpaired) electrons. The van der Waals surface area contributed by atoms with Crippen LogP contribution < -0.4 is 14.9 Å². The molecule has 1 amide bonds. The largest absolute Gasteiger partial charge is 0.496 e. The van der Waals surface area contributed by atoms with Crippen LogP contribution in [0.5, 0.6) is 11.5 Å². The van der Waals surface area contributed by atoms with Crippen molar-refractivity contribution in [3.63, 3.8) is 0 Å². The van der Waals surface area contributed by atoms with Crippen LogP contribution in [-0.2, 0) is 10.2 Å². The number of carbonyl (C=O) groups is 1. The summed E-state index contributed by atoms with van der Waals surface area (Å²) in [6.45, 7) is 11.2. The lowest BCUT2D eigenvalue weighted by Crippen LogP contribution is -2.25. The van der Waals surface area contributed by atoms with Crippen molar-refractivity contribution in [1.29, 1.82) is 0 Å². The first-order valence-corrected chi connectivity index (χ1v) is 10.7. The molecule has 0 aromatic heterocycles. The maximum atomic E-state index is 12.0. The highest BCUT2D eigenvalue weighted by molar-refractivity contribution is 9.10. The van der Waals surface area contributed by atoms with Crippen molar-refractivity contribution in [3.05, 3.63) is 58.1 Å². The molecule has 1 N–H and O–H groups in total. The van der Waals surface area contributed by atoms with Crippen molar-refractivity contribution < 1.29 is 14.3 Å². The SMILES string of the molecule is COc1ccc(/C=N\NC(=O)COc2ccc(C(C)(C)CC(C)(C)C)cc2)cc1Br. The quantitative estimate of drug-likeness (QED) is 0.394. The first-order valence-electron chi connectivity index (χ1n) is 9.89. The van der Waals surface area contributed by atoms with Gasteiger partial charge in [0.1, 0.15) is 11.5 Å². The molecule has 2 aromatic rings. The number of benzene rings is 2. The molecule has 2 rings (SSSR count). The van der Waals surface area contributed by atoms with Gasteiger partial charge < -0.3 is 9.47 Å². The number of nitrogens with zero attached hydrogens (tertiary/aromatic N) is 1. The number of rotatable bonds is 8. The Kier molecular flexibility index (Phi) is 8.07. The maximum Gasteiger partial charge on any atom is 0.277 e. The average Bonchev–Trinajstić information content (AvgIpc) is 2.65. The number of amides is 1. The highest BCUT2D eigenvalue weighted by Crippen LogP contribution is 2.36. The van der Waals surface area contributed by atoms with Crippen molar-refractivity contribution >= 4 is 28.1 Å². The van der Waals surface area contributed by atoms with Crippen LogP contribution >= 0.6 is 15.9 Å². The number of hydrazone groups is 1. The van der Waals surface area contributed by atoms with E-state index in [1.807, 2.05) is 30.3 Å². The van der Waals surface area contributed by atoms with Crippen LogP contribution in [0, 0.1) is 5.41 Å². The van der Waals surface area contributed by atoms with E-state index in [4.69, 9.17) is 9.47 Å². The van der Waals surface area contributed by atoms with E-state index in [0.717, 1.165) is 22.2 Å². The highest BCUT2D eigenvalue weighted by Gasteiger charge is 2.27. The summed E-state index contributed by atoms with van der Waals surface area (Å²) in [7, 11) is 1.61. The molecule has 0 saturated heterocycles. The third-order valence-electron chi connectivity index (χ3n) is 4.56. The molecule has 0 spiro atoms. The molecule has 0 aliphatic heterocycles. The molecule has 0 bridgehead atoms. The number of nitrogens with one attached hydrogen (secondary N) is 1. The second-order valence-corrected chi connectivity index (χ2v) is 9.98. The molecule has 0 saturated carbocycles. The summed E-state index contributed by atoms with van der Waals surface area (Å²) in [6, 6.07) is 13.5. The van der Waals surface area contributed by atoms with Crippen LogP contribution in [0.1, 0.15) is 52.2 Å². The number of methoxy groups -OCH3 is 1. The van der Waals surface area contributed by atoms with E-state index in [9.17, 15) is 4.79 Å². The molecule has 162 valence electrons. The zero-order valence-electron chi connectivity index (χ0n) is 18.6. The third-order valence-corrected chi connectivity index (χ3v) is 5.18. The normalized spacial score (nSPS) is 12.1. The molecule has 0 aliphatic carbocycles. The monoisotopic (exact) mass is 474 g/mol. The van der Waals surface area contributed by atoms with E-state index < -0.39 is 0 Å². The first-order chi connectivity index (χ1) is 14.0. The standard InChI is InChI=1S/C24H31BrN2O3/c1-23(2,3)16-24(4,5)18-8-10-19(11-9-18)30-15-22(28)27-26-14-17-7-12-21(29-6)20(25)13-17/h7-14H,15-16H2,1-6H3,(H,27,28)/b26-14-. The molecule has 6 heteroatoms. The Morgan fingerprint density at radius 1 is 1.10 bits per heavy atom. The predicted molar refractivity (Wildman–Crippen MR) is 125 cm³/mol. The number of hydrogen-bond donors (Lipinski definition) is 1. The Morgan fingerprint density at radius 2 is 1.77 bits per heavy atom. The van der Waals surface area contributed by atoms with Crippen molar-refractivity contribution in [2.75, 3.05) is 13.7 Å². The molecule has 0 heterocycles. The van der Waals surface area contributed by atoms with Gasteiger partial charge in [0, 0.05) is 0 Å². The summed E-state index contributed by atoms with van der Waals surface area (Å²) in [6.07, 6.45) is 2.64. The minimum atomic E-state index is -0.323. The van der Waals surface area contributed by atoms with Gasteiger partial charge in [0.25, 0.3) is 5.91 Å². The second-order valence-electron chi connectivity index (χ2n) is 9.12. The zero-order chi connectivity index (χ0) is 22.4. The number of ether oxygens (including phenoxy) is 2.